The second-order valence-corrected chi connectivity index (χ2v) is 7.21. The van der Waals surface area contributed by atoms with Crippen LogP contribution in [-0.4, -0.2) is 22.9 Å². The van der Waals surface area contributed by atoms with Crippen molar-refractivity contribution >= 4 is 0 Å². The first-order valence-electron chi connectivity index (χ1n) is 8.14. The molecule has 0 saturated heterocycles. The van der Waals surface area contributed by atoms with Crippen molar-refractivity contribution in [3.8, 4) is 0 Å². The molecule has 1 atom stereocenters. The second kappa shape index (κ2) is 6.30. The number of hydrogen-bond donors (Lipinski definition) is 1. The molecule has 1 aromatic rings. The fraction of sp³-hybridized carbons (Fsp3) is 0.824. The van der Waals surface area contributed by atoms with Crippen molar-refractivity contribution in [2.24, 2.45) is 18.4 Å². The van der Waals surface area contributed by atoms with Crippen LogP contribution >= 0.6 is 0 Å². The van der Waals surface area contributed by atoms with Gasteiger partial charge in [-0.2, -0.15) is 5.10 Å². The summed E-state index contributed by atoms with van der Waals surface area (Å²) in [5.41, 5.74) is 3.13. The zero-order valence-electron chi connectivity index (χ0n) is 13.9. The number of likely N-dealkylation sites (N-methyl/N-ethyl adjacent to an activating group) is 1. The highest BCUT2D eigenvalue weighted by molar-refractivity contribution is 5.12. The van der Waals surface area contributed by atoms with Crippen molar-refractivity contribution in [1.82, 2.24) is 15.1 Å². The topological polar surface area (TPSA) is 29.9 Å². The summed E-state index contributed by atoms with van der Waals surface area (Å²) in [6.07, 6.45) is 7.57. The largest absolute Gasteiger partial charge is 0.316 e. The molecule has 1 N–H and O–H groups in total. The van der Waals surface area contributed by atoms with Crippen LogP contribution in [0.5, 0.6) is 0 Å². The van der Waals surface area contributed by atoms with Crippen molar-refractivity contribution in [2.75, 3.05) is 7.05 Å². The van der Waals surface area contributed by atoms with E-state index in [2.05, 4.69) is 56.0 Å². The third-order valence-electron chi connectivity index (χ3n) is 5.14. The predicted molar refractivity (Wildman–Crippen MR) is 84.9 cm³/mol. The molecular weight excluding hydrogens is 246 g/mol. The normalized spacial score (nSPS) is 21.1. The average molecular weight is 277 g/mol. The minimum Gasteiger partial charge on any atom is -0.316 e. The number of hydrogen-bond acceptors (Lipinski definition) is 2. The van der Waals surface area contributed by atoms with Crippen LogP contribution in [0.1, 0.15) is 57.8 Å². The molecule has 0 bridgehead atoms. The van der Waals surface area contributed by atoms with Gasteiger partial charge in [-0.25, -0.2) is 0 Å². The Morgan fingerprint density at radius 2 is 2.05 bits per heavy atom. The summed E-state index contributed by atoms with van der Waals surface area (Å²) in [7, 11) is 4.19. The molecule has 3 heteroatoms. The van der Waals surface area contributed by atoms with Crippen molar-refractivity contribution in [1.29, 1.82) is 0 Å². The van der Waals surface area contributed by atoms with Gasteiger partial charge in [-0.1, -0.05) is 20.8 Å². The third kappa shape index (κ3) is 3.63. The van der Waals surface area contributed by atoms with Gasteiger partial charge < -0.3 is 5.32 Å². The number of aromatic nitrogens is 2. The quantitative estimate of drug-likeness (QED) is 0.894. The first-order chi connectivity index (χ1) is 9.45. The molecule has 0 aromatic carbocycles. The van der Waals surface area contributed by atoms with E-state index in [9.17, 15) is 0 Å². The van der Waals surface area contributed by atoms with Gasteiger partial charge in [0, 0.05) is 25.2 Å². The van der Waals surface area contributed by atoms with Gasteiger partial charge in [-0.3, -0.25) is 4.68 Å². The van der Waals surface area contributed by atoms with Crippen LogP contribution in [0.2, 0.25) is 0 Å². The van der Waals surface area contributed by atoms with E-state index in [0.29, 0.717) is 11.5 Å². The zero-order chi connectivity index (χ0) is 14.8. The third-order valence-corrected chi connectivity index (χ3v) is 5.14. The Morgan fingerprint density at radius 3 is 2.55 bits per heavy atom. The van der Waals surface area contributed by atoms with Crippen LogP contribution in [0.3, 0.4) is 0 Å². The van der Waals surface area contributed by atoms with Crippen LogP contribution in [0.25, 0.3) is 0 Å². The molecule has 0 amide bonds. The Hall–Kier alpha value is -0.830. The Labute approximate surface area is 124 Å². The van der Waals surface area contributed by atoms with Crippen LogP contribution in [0.4, 0.5) is 0 Å². The molecular formula is C17H31N3. The van der Waals surface area contributed by atoms with Gasteiger partial charge in [0.25, 0.3) is 0 Å². The van der Waals surface area contributed by atoms with Gasteiger partial charge in [0.2, 0.25) is 0 Å². The van der Waals surface area contributed by atoms with Gasteiger partial charge in [-0.05, 0) is 56.6 Å². The first kappa shape index (κ1) is 15.6. The summed E-state index contributed by atoms with van der Waals surface area (Å²) >= 11 is 0. The molecule has 0 radical (unpaired) electrons. The molecule has 1 saturated carbocycles. The standard InChI is InChI=1S/C17H31N3/c1-6-14-11-15(20(5)19-14)12-16(18-4)13-7-9-17(2,3)10-8-13/h11,13,16,18H,6-10,12H2,1-5H3. The summed E-state index contributed by atoms with van der Waals surface area (Å²) in [6.45, 7) is 6.99. The molecule has 0 aliphatic heterocycles. The Morgan fingerprint density at radius 1 is 1.40 bits per heavy atom. The molecule has 2 rings (SSSR count). The van der Waals surface area contributed by atoms with Crippen LogP contribution < -0.4 is 5.32 Å². The lowest BCUT2D eigenvalue weighted by molar-refractivity contribution is 0.163. The number of aryl methyl sites for hydroxylation is 2. The van der Waals surface area contributed by atoms with E-state index >= 15 is 0 Å². The van der Waals surface area contributed by atoms with Gasteiger partial charge in [0.1, 0.15) is 0 Å². The number of rotatable bonds is 5. The van der Waals surface area contributed by atoms with Gasteiger partial charge in [0.05, 0.1) is 5.69 Å². The van der Waals surface area contributed by atoms with Gasteiger partial charge >= 0.3 is 0 Å². The molecule has 1 aromatic heterocycles. The Balaban J connectivity index is 2.00. The minimum atomic E-state index is 0.552. The summed E-state index contributed by atoms with van der Waals surface area (Å²) < 4.78 is 2.07. The molecule has 114 valence electrons. The lowest BCUT2D eigenvalue weighted by atomic mass is 9.70. The highest BCUT2D eigenvalue weighted by Crippen LogP contribution is 2.39. The molecule has 3 nitrogen and oxygen atoms in total. The van der Waals surface area contributed by atoms with Gasteiger partial charge in [0.15, 0.2) is 0 Å². The zero-order valence-corrected chi connectivity index (χ0v) is 13.9. The highest BCUT2D eigenvalue weighted by Gasteiger charge is 2.31. The molecule has 20 heavy (non-hydrogen) atoms. The van der Waals surface area contributed by atoms with Crippen molar-refractivity contribution in [3.05, 3.63) is 17.5 Å². The van der Waals surface area contributed by atoms with Crippen molar-refractivity contribution in [3.63, 3.8) is 0 Å². The molecule has 1 aliphatic carbocycles. The van der Waals surface area contributed by atoms with E-state index < -0.39 is 0 Å². The summed E-state index contributed by atoms with van der Waals surface area (Å²) in [5.74, 6) is 0.813. The number of nitrogens with zero attached hydrogens (tertiary/aromatic N) is 2. The van der Waals surface area contributed by atoms with E-state index in [4.69, 9.17) is 0 Å². The maximum atomic E-state index is 4.57. The maximum Gasteiger partial charge on any atom is 0.0624 e. The highest BCUT2D eigenvalue weighted by atomic mass is 15.3. The lowest BCUT2D eigenvalue weighted by Crippen LogP contribution is -2.39. The van der Waals surface area contributed by atoms with E-state index in [1.54, 1.807) is 0 Å². The van der Waals surface area contributed by atoms with Crippen LogP contribution in [-0.2, 0) is 19.9 Å². The summed E-state index contributed by atoms with van der Waals surface area (Å²) in [5, 5.41) is 8.13. The Bertz CT molecular complexity index is 423. The second-order valence-electron chi connectivity index (χ2n) is 7.21. The van der Waals surface area contributed by atoms with Gasteiger partial charge in [-0.15, -0.1) is 0 Å². The smallest absolute Gasteiger partial charge is 0.0624 e. The fourth-order valence-corrected chi connectivity index (χ4v) is 3.49. The molecule has 1 unspecified atom stereocenters. The van der Waals surface area contributed by atoms with E-state index in [1.807, 2.05) is 0 Å². The van der Waals surface area contributed by atoms with E-state index in [1.165, 1.54) is 37.1 Å². The monoisotopic (exact) mass is 277 g/mol. The SMILES string of the molecule is CCc1cc(CC(NC)C2CCC(C)(C)CC2)n(C)n1. The molecule has 1 fully saturated rings. The van der Waals surface area contributed by atoms with E-state index in [-0.39, 0.29) is 0 Å². The Kier molecular flexibility index (Phi) is 4.90. The summed E-state index contributed by atoms with van der Waals surface area (Å²) in [6, 6.07) is 2.86. The molecule has 1 aliphatic rings. The van der Waals surface area contributed by atoms with Crippen molar-refractivity contribution < 1.29 is 0 Å². The average Bonchev–Trinajstić information content (AvgIpc) is 2.77. The van der Waals surface area contributed by atoms with Crippen molar-refractivity contribution in [2.45, 2.75) is 65.3 Å². The number of nitrogens with one attached hydrogen (secondary N) is 1. The van der Waals surface area contributed by atoms with Crippen LogP contribution in [0, 0.1) is 11.3 Å². The molecule has 0 spiro atoms. The first-order valence-corrected chi connectivity index (χ1v) is 8.14. The predicted octanol–water partition coefficient (Wildman–Crippen LogP) is 3.33. The molecule has 1 heterocycles. The maximum absolute atomic E-state index is 4.57. The van der Waals surface area contributed by atoms with Crippen LogP contribution in [0.15, 0.2) is 6.07 Å². The summed E-state index contributed by atoms with van der Waals surface area (Å²) in [4.78, 5) is 0. The fourth-order valence-electron chi connectivity index (χ4n) is 3.49. The van der Waals surface area contributed by atoms with E-state index in [0.717, 1.165) is 18.8 Å². The lowest BCUT2D eigenvalue weighted by Gasteiger charge is -2.38. The minimum absolute atomic E-state index is 0.552.